The first-order valence-electron chi connectivity index (χ1n) is 10.9. The van der Waals surface area contributed by atoms with Crippen LogP contribution in [0.15, 0.2) is 59.4 Å². The van der Waals surface area contributed by atoms with Crippen LogP contribution in [0, 0.1) is 5.92 Å². The van der Waals surface area contributed by atoms with Crippen LogP contribution in [-0.2, 0) is 17.8 Å². The summed E-state index contributed by atoms with van der Waals surface area (Å²) >= 11 is 1.35. The van der Waals surface area contributed by atoms with Gasteiger partial charge in [0.15, 0.2) is 0 Å². The number of hydrogen-bond donors (Lipinski definition) is 1. The Hall–Kier alpha value is -4.05. The topological polar surface area (TPSA) is 112 Å². The van der Waals surface area contributed by atoms with E-state index in [2.05, 4.69) is 29.2 Å². The molecule has 10 heteroatoms. The van der Waals surface area contributed by atoms with Crippen LogP contribution >= 0.6 is 11.3 Å². The van der Waals surface area contributed by atoms with E-state index in [-0.39, 0.29) is 18.1 Å². The van der Waals surface area contributed by atoms with E-state index in [1.54, 1.807) is 55.6 Å². The van der Waals surface area contributed by atoms with Crippen molar-refractivity contribution >= 4 is 33.9 Å². The van der Waals surface area contributed by atoms with Gasteiger partial charge < -0.3 is 14.8 Å². The predicted molar refractivity (Wildman–Crippen MR) is 132 cm³/mol. The molecule has 1 amide bonds. The highest BCUT2D eigenvalue weighted by Crippen LogP contribution is 2.17. The number of esters is 1. The lowest BCUT2D eigenvalue weighted by Crippen LogP contribution is -2.17. The molecular formula is C25H24N4O5S. The molecule has 9 nitrogen and oxygen atoms in total. The summed E-state index contributed by atoms with van der Waals surface area (Å²) < 4.78 is 11.7. The second kappa shape index (κ2) is 10.5. The van der Waals surface area contributed by atoms with Crippen molar-refractivity contribution in [3.8, 4) is 5.75 Å². The molecule has 2 aromatic heterocycles. The molecule has 0 unspecified atom stereocenters. The van der Waals surface area contributed by atoms with Crippen molar-refractivity contribution < 1.29 is 19.1 Å². The maximum absolute atomic E-state index is 12.5. The number of nitrogens with one attached hydrogen (secondary N) is 1. The average Bonchev–Trinajstić information content (AvgIpc) is 3.25. The van der Waals surface area contributed by atoms with Gasteiger partial charge in [0, 0.05) is 23.7 Å². The average molecular weight is 493 g/mol. The van der Waals surface area contributed by atoms with Crippen LogP contribution in [0.3, 0.4) is 0 Å². The fraction of sp³-hybridized carbons (Fsp3) is 0.240. The minimum Gasteiger partial charge on any atom is -0.497 e. The van der Waals surface area contributed by atoms with Crippen molar-refractivity contribution in [2.45, 2.75) is 26.9 Å². The molecular weight excluding hydrogens is 468 g/mol. The highest BCUT2D eigenvalue weighted by atomic mass is 32.1. The van der Waals surface area contributed by atoms with E-state index in [1.807, 2.05) is 0 Å². The Morgan fingerprint density at radius 3 is 2.40 bits per heavy atom. The Morgan fingerprint density at radius 1 is 1.06 bits per heavy atom. The minimum absolute atomic E-state index is 0.141. The highest BCUT2D eigenvalue weighted by molar-refractivity contribution is 7.16. The van der Waals surface area contributed by atoms with E-state index >= 15 is 0 Å². The second-order valence-corrected chi connectivity index (χ2v) is 9.25. The first kappa shape index (κ1) is 24.1. The lowest BCUT2D eigenvalue weighted by Gasteiger charge is -2.08. The van der Waals surface area contributed by atoms with Crippen LogP contribution in [0.2, 0.25) is 0 Å². The van der Waals surface area contributed by atoms with E-state index in [1.165, 1.54) is 21.9 Å². The third-order valence-electron chi connectivity index (χ3n) is 5.00. The van der Waals surface area contributed by atoms with E-state index < -0.39 is 5.97 Å². The molecule has 2 aromatic carbocycles. The van der Waals surface area contributed by atoms with Gasteiger partial charge in [0.25, 0.3) is 11.5 Å². The number of carbonyl (C=O) groups excluding carboxylic acids is 2. The molecule has 0 saturated carbocycles. The lowest BCUT2D eigenvalue weighted by molar-refractivity contribution is 0.0467. The Kier molecular flexibility index (Phi) is 7.21. The summed E-state index contributed by atoms with van der Waals surface area (Å²) in [6.07, 6.45) is 0.758. The largest absolute Gasteiger partial charge is 0.497 e. The number of hydrogen-bond acceptors (Lipinski definition) is 8. The van der Waals surface area contributed by atoms with Gasteiger partial charge >= 0.3 is 5.97 Å². The number of benzene rings is 2. The fourth-order valence-corrected chi connectivity index (χ4v) is 4.39. The predicted octanol–water partition coefficient (Wildman–Crippen LogP) is 3.97. The smallest absolute Gasteiger partial charge is 0.338 e. The van der Waals surface area contributed by atoms with Crippen LogP contribution in [-0.4, -0.2) is 33.6 Å². The van der Waals surface area contributed by atoms with Gasteiger partial charge in [-0.05, 0) is 54.4 Å². The second-order valence-electron chi connectivity index (χ2n) is 8.21. The molecule has 0 atom stereocenters. The Balaban J connectivity index is 1.37. The fourth-order valence-electron chi connectivity index (χ4n) is 3.26. The van der Waals surface area contributed by atoms with Gasteiger partial charge in [-0.15, -0.1) is 0 Å². The van der Waals surface area contributed by atoms with Crippen LogP contribution < -0.4 is 15.6 Å². The van der Waals surface area contributed by atoms with Gasteiger partial charge in [-0.2, -0.15) is 9.61 Å². The zero-order valence-electron chi connectivity index (χ0n) is 19.5. The first-order valence-corrected chi connectivity index (χ1v) is 11.8. The number of carbonyl (C=O) groups is 2. The highest BCUT2D eigenvalue weighted by Gasteiger charge is 2.13. The van der Waals surface area contributed by atoms with Gasteiger partial charge in [0.2, 0.25) is 4.96 Å². The normalized spacial score (nSPS) is 11.0. The van der Waals surface area contributed by atoms with E-state index in [0.29, 0.717) is 39.1 Å². The zero-order valence-corrected chi connectivity index (χ0v) is 20.3. The van der Waals surface area contributed by atoms with Crippen molar-refractivity contribution in [2.75, 3.05) is 12.4 Å². The van der Waals surface area contributed by atoms with Crippen LogP contribution in [0.1, 0.15) is 45.3 Å². The molecule has 0 aliphatic heterocycles. The maximum atomic E-state index is 12.5. The summed E-state index contributed by atoms with van der Waals surface area (Å²) in [5.41, 5.74) is 1.36. The molecule has 0 radical (unpaired) electrons. The molecule has 2 heterocycles. The Bertz CT molecular complexity index is 1410. The Labute approximate surface area is 205 Å². The third-order valence-corrected chi connectivity index (χ3v) is 5.94. The minimum atomic E-state index is -0.565. The molecule has 0 aliphatic rings. The van der Waals surface area contributed by atoms with Gasteiger partial charge in [-0.25, -0.2) is 9.78 Å². The van der Waals surface area contributed by atoms with Crippen LogP contribution in [0.5, 0.6) is 5.75 Å². The van der Waals surface area contributed by atoms with Crippen LogP contribution in [0.4, 0.5) is 5.69 Å². The number of methoxy groups -OCH3 is 1. The molecule has 0 saturated heterocycles. The molecule has 180 valence electrons. The molecule has 0 aliphatic carbocycles. The van der Waals surface area contributed by atoms with Crippen molar-refractivity contribution in [3.63, 3.8) is 0 Å². The summed E-state index contributed by atoms with van der Waals surface area (Å²) in [4.78, 5) is 42.1. The maximum Gasteiger partial charge on any atom is 0.338 e. The number of nitrogens with zero attached hydrogens (tertiary/aromatic N) is 3. The monoisotopic (exact) mass is 492 g/mol. The van der Waals surface area contributed by atoms with Crippen molar-refractivity contribution in [2.24, 2.45) is 5.92 Å². The summed E-state index contributed by atoms with van der Waals surface area (Å²) in [6, 6.07) is 14.4. The standard InChI is InChI=1S/C25H24N4O5S/c1-15(2)12-21-28-29-22(30)13-19(27-25(29)35-21)14-34-24(32)17-4-8-18(9-5-17)26-23(31)16-6-10-20(33-3)11-7-16/h4-11,13,15H,12,14H2,1-3H3,(H,26,31). The number of ether oxygens (including phenoxy) is 2. The Morgan fingerprint density at radius 2 is 1.74 bits per heavy atom. The van der Waals surface area contributed by atoms with Crippen LogP contribution in [0.25, 0.3) is 4.96 Å². The summed E-state index contributed by atoms with van der Waals surface area (Å²) in [5.74, 6) is 0.224. The van der Waals surface area contributed by atoms with Crippen molar-refractivity contribution in [1.29, 1.82) is 0 Å². The quantitative estimate of drug-likeness (QED) is 0.371. The number of aromatic nitrogens is 3. The molecule has 35 heavy (non-hydrogen) atoms. The molecule has 1 N–H and O–H groups in total. The number of fused-ring (bicyclic) bond motifs is 1. The third kappa shape index (κ3) is 5.90. The summed E-state index contributed by atoms with van der Waals surface area (Å²) in [5, 5.41) is 7.91. The molecule has 0 fully saturated rings. The lowest BCUT2D eigenvalue weighted by atomic mass is 10.1. The van der Waals surface area contributed by atoms with Gasteiger partial charge in [0.1, 0.15) is 17.4 Å². The summed E-state index contributed by atoms with van der Waals surface area (Å²) in [7, 11) is 1.56. The van der Waals surface area contributed by atoms with E-state index in [0.717, 1.165) is 11.4 Å². The van der Waals surface area contributed by atoms with Gasteiger partial charge in [0.05, 0.1) is 18.4 Å². The van der Waals surface area contributed by atoms with Crippen molar-refractivity contribution in [1.82, 2.24) is 14.6 Å². The van der Waals surface area contributed by atoms with Gasteiger partial charge in [-0.1, -0.05) is 25.2 Å². The molecule has 4 rings (SSSR count). The number of rotatable bonds is 8. The van der Waals surface area contributed by atoms with E-state index in [9.17, 15) is 14.4 Å². The van der Waals surface area contributed by atoms with E-state index in [4.69, 9.17) is 9.47 Å². The molecule has 0 bridgehead atoms. The number of anilines is 1. The molecule has 4 aromatic rings. The van der Waals surface area contributed by atoms with Gasteiger partial charge in [-0.3, -0.25) is 9.59 Å². The van der Waals surface area contributed by atoms with Crippen molar-refractivity contribution in [3.05, 3.63) is 86.8 Å². The SMILES string of the molecule is COc1ccc(C(=O)Nc2ccc(C(=O)OCc3cc(=O)n4nc(CC(C)C)sc4n3)cc2)cc1. The molecule has 0 spiro atoms. The summed E-state index contributed by atoms with van der Waals surface area (Å²) in [6.45, 7) is 4.01. The number of amides is 1. The first-order chi connectivity index (χ1) is 16.8. The zero-order chi connectivity index (χ0) is 24.9.